The molecular formula is C21H32ClN3O5. The number of nitrogen functional groups attached to an aromatic ring is 1. The summed E-state index contributed by atoms with van der Waals surface area (Å²) in [6.07, 6.45) is 3.29. The highest BCUT2D eigenvalue weighted by molar-refractivity contribution is 6.33. The number of carbonyl (C=O) groups is 2. The molecule has 1 amide bonds. The summed E-state index contributed by atoms with van der Waals surface area (Å²) in [5.74, 6) is -0.663. The van der Waals surface area contributed by atoms with Crippen molar-refractivity contribution >= 4 is 29.2 Å². The Hall–Kier alpha value is -2.03. The zero-order valence-electron chi connectivity index (χ0n) is 17.8. The summed E-state index contributed by atoms with van der Waals surface area (Å²) in [5, 5.41) is 12.1. The van der Waals surface area contributed by atoms with Crippen molar-refractivity contribution in [1.29, 1.82) is 0 Å². The lowest BCUT2D eigenvalue weighted by molar-refractivity contribution is -0.137. The normalized spacial score (nSPS) is 20.5. The molecule has 168 valence electrons. The van der Waals surface area contributed by atoms with Crippen molar-refractivity contribution in [3.8, 4) is 5.75 Å². The fourth-order valence-electron chi connectivity index (χ4n) is 3.80. The molecule has 0 aliphatic carbocycles. The van der Waals surface area contributed by atoms with Crippen LogP contribution in [0.3, 0.4) is 0 Å². The minimum absolute atomic E-state index is 0.140. The highest BCUT2D eigenvalue weighted by atomic mass is 35.5. The maximum atomic E-state index is 12.9. The molecule has 1 unspecified atom stereocenters. The predicted molar refractivity (Wildman–Crippen MR) is 116 cm³/mol. The summed E-state index contributed by atoms with van der Waals surface area (Å²) >= 11 is 6.08. The number of carboxylic acid groups (broad SMARTS) is 1. The van der Waals surface area contributed by atoms with Crippen molar-refractivity contribution in [3.63, 3.8) is 0 Å². The van der Waals surface area contributed by atoms with E-state index < -0.39 is 5.97 Å². The molecule has 1 aliphatic rings. The summed E-state index contributed by atoms with van der Waals surface area (Å²) < 4.78 is 10.9. The summed E-state index contributed by atoms with van der Waals surface area (Å²) in [7, 11) is 3.12. The SMILES string of the molecule is COc1cc(N)c(Cl)cc1C(=O)N[C@@H]1CCN(C(C)CCCCC(=O)O)C[C@@H]1OC. The second-order valence-electron chi connectivity index (χ2n) is 7.70. The topological polar surface area (TPSA) is 114 Å². The number of piperidine rings is 1. The number of unbranched alkanes of at least 4 members (excludes halogenated alkanes) is 1. The smallest absolute Gasteiger partial charge is 0.303 e. The minimum Gasteiger partial charge on any atom is -0.496 e. The number of hydrogen-bond acceptors (Lipinski definition) is 6. The van der Waals surface area contributed by atoms with Gasteiger partial charge in [-0.05, 0) is 32.3 Å². The number of nitrogens with two attached hydrogens (primary N) is 1. The van der Waals surface area contributed by atoms with Gasteiger partial charge in [-0.25, -0.2) is 0 Å². The molecule has 0 aromatic heterocycles. The number of anilines is 1. The molecule has 2 rings (SSSR count). The lowest BCUT2D eigenvalue weighted by Gasteiger charge is -2.41. The molecule has 0 spiro atoms. The number of carboxylic acids is 1. The van der Waals surface area contributed by atoms with Crippen molar-refractivity contribution in [2.75, 3.05) is 33.0 Å². The predicted octanol–water partition coefficient (Wildman–Crippen LogP) is 2.78. The van der Waals surface area contributed by atoms with E-state index in [0.717, 1.165) is 25.8 Å². The molecule has 0 bridgehead atoms. The molecule has 0 radical (unpaired) electrons. The van der Waals surface area contributed by atoms with Crippen LogP contribution in [0.2, 0.25) is 5.02 Å². The van der Waals surface area contributed by atoms with E-state index in [4.69, 9.17) is 31.9 Å². The number of amides is 1. The van der Waals surface area contributed by atoms with E-state index in [2.05, 4.69) is 17.1 Å². The molecule has 0 saturated carbocycles. The summed E-state index contributed by atoms with van der Waals surface area (Å²) in [6.45, 7) is 3.67. The molecule has 30 heavy (non-hydrogen) atoms. The van der Waals surface area contributed by atoms with Crippen molar-refractivity contribution in [2.45, 2.75) is 57.2 Å². The van der Waals surface area contributed by atoms with Gasteiger partial charge in [0.05, 0.1) is 35.5 Å². The summed E-state index contributed by atoms with van der Waals surface area (Å²) in [5.41, 5.74) is 6.48. The first kappa shape index (κ1) is 24.2. The van der Waals surface area contributed by atoms with Gasteiger partial charge in [0, 0.05) is 38.7 Å². The fraction of sp³-hybridized carbons (Fsp3) is 0.619. The monoisotopic (exact) mass is 441 g/mol. The van der Waals surface area contributed by atoms with Crippen LogP contribution in [-0.4, -0.2) is 67.4 Å². The number of carbonyl (C=O) groups excluding carboxylic acids is 1. The molecule has 1 aliphatic heterocycles. The van der Waals surface area contributed by atoms with E-state index in [1.54, 1.807) is 13.2 Å². The molecule has 1 aromatic rings. The molecule has 8 nitrogen and oxygen atoms in total. The van der Waals surface area contributed by atoms with Crippen LogP contribution in [0, 0.1) is 0 Å². The Bertz CT molecular complexity index is 746. The van der Waals surface area contributed by atoms with Gasteiger partial charge in [-0.1, -0.05) is 18.0 Å². The molecule has 1 fully saturated rings. The van der Waals surface area contributed by atoms with E-state index in [9.17, 15) is 9.59 Å². The third kappa shape index (κ3) is 6.48. The van der Waals surface area contributed by atoms with Crippen LogP contribution in [0.15, 0.2) is 12.1 Å². The number of likely N-dealkylation sites (tertiary alicyclic amines) is 1. The Labute approximate surface area is 182 Å². The van der Waals surface area contributed by atoms with E-state index in [1.165, 1.54) is 13.2 Å². The van der Waals surface area contributed by atoms with Gasteiger partial charge in [0.15, 0.2) is 0 Å². The van der Waals surface area contributed by atoms with Crippen LogP contribution in [0.1, 0.15) is 49.4 Å². The number of nitrogens with zero attached hydrogens (tertiary/aromatic N) is 1. The average molecular weight is 442 g/mol. The molecule has 1 aromatic carbocycles. The zero-order chi connectivity index (χ0) is 22.3. The highest BCUT2D eigenvalue weighted by Gasteiger charge is 2.33. The van der Waals surface area contributed by atoms with Crippen LogP contribution >= 0.6 is 11.6 Å². The highest BCUT2D eigenvalue weighted by Crippen LogP contribution is 2.29. The molecule has 9 heteroatoms. The largest absolute Gasteiger partial charge is 0.496 e. The van der Waals surface area contributed by atoms with Crippen LogP contribution in [0.25, 0.3) is 0 Å². The van der Waals surface area contributed by atoms with Gasteiger partial charge < -0.3 is 25.6 Å². The lowest BCUT2D eigenvalue weighted by Crippen LogP contribution is -2.56. The fourth-order valence-corrected chi connectivity index (χ4v) is 3.97. The molecule has 1 heterocycles. The first-order valence-corrected chi connectivity index (χ1v) is 10.6. The third-order valence-electron chi connectivity index (χ3n) is 5.66. The van der Waals surface area contributed by atoms with Gasteiger partial charge in [-0.15, -0.1) is 0 Å². The van der Waals surface area contributed by atoms with Gasteiger partial charge in [0.25, 0.3) is 5.91 Å². The Kier molecular flexibility index (Phi) is 9.20. The Morgan fingerprint density at radius 2 is 2.10 bits per heavy atom. The van der Waals surface area contributed by atoms with E-state index in [0.29, 0.717) is 41.0 Å². The second-order valence-corrected chi connectivity index (χ2v) is 8.11. The standard InChI is InChI=1S/C21H32ClN3O5/c1-13(6-4-5-7-20(26)27)25-9-8-17(19(12-25)30-3)24-21(28)14-10-15(22)16(23)11-18(14)29-2/h10-11,13,17,19H,4-9,12,23H2,1-3H3,(H,24,28)(H,26,27)/t13?,17-,19+/m1/s1. The first-order chi connectivity index (χ1) is 14.3. The van der Waals surface area contributed by atoms with Crippen LogP contribution < -0.4 is 15.8 Å². The number of rotatable bonds is 10. The lowest BCUT2D eigenvalue weighted by atomic mass is 9.98. The van der Waals surface area contributed by atoms with Gasteiger partial charge in [0.2, 0.25) is 0 Å². The van der Waals surface area contributed by atoms with Gasteiger partial charge in [-0.3, -0.25) is 14.5 Å². The number of ether oxygens (including phenoxy) is 2. The summed E-state index contributed by atoms with van der Waals surface area (Å²) in [4.78, 5) is 25.8. The maximum absolute atomic E-state index is 12.9. The third-order valence-corrected chi connectivity index (χ3v) is 5.99. The number of hydrogen-bond donors (Lipinski definition) is 3. The Balaban J connectivity index is 1.95. The molecule has 4 N–H and O–H groups in total. The second kappa shape index (κ2) is 11.4. The summed E-state index contributed by atoms with van der Waals surface area (Å²) in [6, 6.07) is 3.24. The molecular weight excluding hydrogens is 410 g/mol. The first-order valence-electron chi connectivity index (χ1n) is 10.2. The van der Waals surface area contributed by atoms with Crippen molar-refractivity contribution in [3.05, 3.63) is 22.7 Å². The number of aliphatic carboxylic acids is 1. The number of halogens is 1. The number of methoxy groups -OCH3 is 2. The average Bonchev–Trinajstić information content (AvgIpc) is 2.72. The quantitative estimate of drug-likeness (QED) is 0.377. The maximum Gasteiger partial charge on any atom is 0.303 e. The van der Waals surface area contributed by atoms with Crippen molar-refractivity contribution < 1.29 is 24.2 Å². The van der Waals surface area contributed by atoms with Crippen molar-refractivity contribution in [2.24, 2.45) is 0 Å². The Morgan fingerprint density at radius 3 is 2.73 bits per heavy atom. The Morgan fingerprint density at radius 1 is 1.37 bits per heavy atom. The van der Waals surface area contributed by atoms with Gasteiger partial charge in [0.1, 0.15) is 5.75 Å². The van der Waals surface area contributed by atoms with Crippen molar-refractivity contribution in [1.82, 2.24) is 10.2 Å². The molecule has 1 saturated heterocycles. The van der Waals surface area contributed by atoms with E-state index in [-0.39, 0.29) is 24.5 Å². The van der Waals surface area contributed by atoms with Crippen LogP contribution in [0.4, 0.5) is 5.69 Å². The van der Waals surface area contributed by atoms with Crippen LogP contribution in [0.5, 0.6) is 5.75 Å². The van der Waals surface area contributed by atoms with E-state index >= 15 is 0 Å². The minimum atomic E-state index is -0.752. The van der Waals surface area contributed by atoms with Gasteiger partial charge >= 0.3 is 5.97 Å². The zero-order valence-corrected chi connectivity index (χ0v) is 18.6. The van der Waals surface area contributed by atoms with Crippen LogP contribution in [-0.2, 0) is 9.53 Å². The molecule has 3 atom stereocenters. The van der Waals surface area contributed by atoms with Gasteiger partial charge in [-0.2, -0.15) is 0 Å². The number of nitrogens with one attached hydrogen (secondary N) is 1. The number of benzene rings is 1. The van der Waals surface area contributed by atoms with E-state index in [1.807, 2.05) is 0 Å².